The van der Waals surface area contributed by atoms with E-state index in [2.05, 4.69) is 224 Å². The highest BCUT2D eigenvalue weighted by molar-refractivity contribution is 6.25. The van der Waals surface area contributed by atoms with Gasteiger partial charge < -0.3 is 0 Å². The van der Waals surface area contributed by atoms with Crippen molar-refractivity contribution in [2.45, 2.75) is 0 Å². The van der Waals surface area contributed by atoms with Crippen LogP contribution in [0.5, 0.6) is 0 Å². The Labute approximate surface area is 371 Å². The first kappa shape index (κ1) is 37.2. The number of hydrogen-bond donors (Lipinski definition) is 0. The van der Waals surface area contributed by atoms with Gasteiger partial charge in [-0.05, 0) is 79.2 Å². The number of nitrogens with zero attached hydrogens (tertiary/aromatic N) is 3. The molecule has 0 atom stereocenters. The van der Waals surface area contributed by atoms with Gasteiger partial charge in [-0.3, -0.25) is 0 Å². The summed E-state index contributed by atoms with van der Waals surface area (Å²) in [5, 5.41) is 8.31. The summed E-state index contributed by atoms with van der Waals surface area (Å²) < 4.78 is 0. The van der Waals surface area contributed by atoms with Gasteiger partial charge in [0.25, 0.3) is 0 Å². The second-order valence-electron chi connectivity index (χ2n) is 16.4. The Morgan fingerprint density at radius 2 is 0.719 bits per heavy atom. The van der Waals surface area contributed by atoms with E-state index in [1.54, 1.807) is 0 Å². The van der Waals surface area contributed by atoms with E-state index in [4.69, 9.17) is 15.0 Å². The topological polar surface area (TPSA) is 38.7 Å². The van der Waals surface area contributed by atoms with Gasteiger partial charge in [0.1, 0.15) is 0 Å². The molecule has 0 radical (unpaired) electrons. The number of aromatic nitrogens is 3. The van der Waals surface area contributed by atoms with E-state index >= 15 is 0 Å². The Balaban J connectivity index is 0.987. The Morgan fingerprint density at radius 3 is 1.36 bits per heavy atom. The second-order valence-corrected chi connectivity index (χ2v) is 16.4. The molecule has 0 aliphatic rings. The van der Waals surface area contributed by atoms with Crippen LogP contribution in [0.1, 0.15) is 0 Å². The van der Waals surface area contributed by atoms with Gasteiger partial charge in [-0.25, -0.2) is 15.0 Å². The Kier molecular flexibility index (Phi) is 9.16. The van der Waals surface area contributed by atoms with Crippen LogP contribution in [0.3, 0.4) is 0 Å². The van der Waals surface area contributed by atoms with Crippen LogP contribution in [-0.4, -0.2) is 15.0 Å². The molecule has 0 N–H and O–H groups in total. The molecule has 298 valence electrons. The SMILES string of the molecule is c1ccc(-c2ccc(-c3cc(-c4ccc(-c5ccccc5)cc4)nc(-c4ccc(-c5cc6c(-c7ccc8ccccc8c7)nc7ccccc7c6c6ccccc56)cc4)n3)cc2)cc1. The Morgan fingerprint density at radius 1 is 0.250 bits per heavy atom. The van der Waals surface area contributed by atoms with Gasteiger partial charge in [0.05, 0.1) is 22.6 Å². The fourth-order valence-electron chi connectivity index (χ4n) is 9.21. The van der Waals surface area contributed by atoms with Gasteiger partial charge in [-0.15, -0.1) is 0 Å². The maximum absolute atomic E-state index is 5.37. The molecular formula is C61H39N3. The van der Waals surface area contributed by atoms with Crippen molar-refractivity contribution in [3.05, 3.63) is 237 Å². The highest BCUT2D eigenvalue weighted by Crippen LogP contribution is 2.42. The van der Waals surface area contributed by atoms with E-state index in [1.165, 1.54) is 49.2 Å². The lowest BCUT2D eigenvalue weighted by Gasteiger charge is -2.16. The Bertz CT molecular complexity index is 3570. The van der Waals surface area contributed by atoms with E-state index in [-0.39, 0.29) is 0 Å². The molecule has 0 aliphatic carbocycles. The largest absolute Gasteiger partial charge is 0.247 e. The van der Waals surface area contributed by atoms with Crippen LogP contribution in [-0.2, 0) is 0 Å². The minimum atomic E-state index is 0.677. The summed E-state index contributed by atoms with van der Waals surface area (Å²) in [6.45, 7) is 0. The van der Waals surface area contributed by atoms with Crippen LogP contribution >= 0.6 is 0 Å². The predicted octanol–water partition coefficient (Wildman–Crippen LogP) is 16.2. The van der Waals surface area contributed by atoms with Gasteiger partial charge in [0.2, 0.25) is 0 Å². The number of hydrogen-bond acceptors (Lipinski definition) is 3. The summed E-state index contributed by atoms with van der Waals surface area (Å²) in [7, 11) is 0. The summed E-state index contributed by atoms with van der Waals surface area (Å²) in [6.07, 6.45) is 0. The van der Waals surface area contributed by atoms with Crippen molar-refractivity contribution in [1.29, 1.82) is 0 Å². The van der Waals surface area contributed by atoms with Gasteiger partial charge in [0.15, 0.2) is 5.82 Å². The van der Waals surface area contributed by atoms with Crippen molar-refractivity contribution in [2.24, 2.45) is 0 Å². The summed E-state index contributed by atoms with van der Waals surface area (Å²) >= 11 is 0. The lowest BCUT2D eigenvalue weighted by atomic mass is 9.89. The van der Waals surface area contributed by atoms with Gasteiger partial charge >= 0.3 is 0 Å². The van der Waals surface area contributed by atoms with Crippen molar-refractivity contribution >= 4 is 43.2 Å². The third-order valence-electron chi connectivity index (χ3n) is 12.5. The molecule has 0 amide bonds. The predicted molar refractivity (Wildman–Crippen MR) is 268 cm³/mol. The van der Waals surface area contributed by atoms with E-state index < -0.39 is 0 Å². The second kappa shape index (κ2) is 15.7. The maximum atomic E-state index is 5.37. The van der Waals surface area contributed by atoms with Gasteiger partial charge in [-0.1, -0.05) is 212 Å². The molecule has 0 unspecified atom stereocenters. The van der Waals surface area contributed by atoms with Gasteiger partial charge in [0, 0.05) is 38.4 Å². The zero-order valence-electron chi connectivity index (χ0n) is 34.9. The molecule has 0 spiro atoms. The average Bonchev–Trinajstić information content (AvgIpc) is 3.38. The first-order chi connectivity index (χ1) is 31.7. The number of benzene rings is 10. The molecule has 3 heteroatoms. The summed E-state index contributed by atoms with van der Waals surface area (Å²) in [4.78, 5) is 15.8. The van der Waals surface area contributed by atoms with Crippen LogP contribution in [0.15, 0.2) is 237 Å². The summed E-state index contributed by atoms with van der Waals surface area (Å²) in [5.74, 6) is 0.677. The molecule has 3 nitrogen and oxygen atoms in total. The number of pyridine rings is 1. The molecule has 0 saturated heterocycles. The Hall–Kier alpha value is -8.53. The molecule has 0 fully saturated rings. The molecule has 2 heterocycles. The first-order valence-electron chi connectivity index (χ1n) is 21.8. The summed E-state index contributed by atoms with van der Waals surface area (Å²) in [5.41, 5.74) is 14.8. The number of rotatable bonds is 7. The van der Waals surface area contributed by atoms with Crippen LogP contribution in [0.25, 0.3) is 122 Å². The molecule has 0 bridgehead atoms. The molecular weight excluding hydrogens is 775 g/mol. The molecule has 2 aromatic heterocycles. The number of fused-ring (bicyclic) bond motifs is 6. The van der Waals surface area contributed by atoms with E-state index in [1.807, 2.05) is 12.1 Å². The maximum Gasteiger partial charge on any atom is 0.160 e. The molecule has 0 aliphatic heterocycles. The van der Waals surface area contributed by atoms with Crippen LogP contribution < -0.4 is 0 Å². The molecule has 12 aromatic rings. The summed E-state index contributed by atoms with van der Waals surface area (Å²) in [6, 6.07) is 84.0. The number of para-hydroxylation sites is 1. The fraction of sp³-hybridized carbons (Fsp3) is 0. The third kappa shape index (κ3) is 6.77. The van der Waals surface area contributed by atoms with Crippen molar-refractivity contribution in [3.8, 4) is 78.5 Å². The molecule has 0 saturated carbocycles. The lowest BCUT2D eigenvalue weighted by molar-refractivity contribution is 1.18. The van der Waals surface area contributed by atoms with E-state index in [9.17, 15) is 0 Å². The minimum absolute atomic E-state index is 0.677. The zero-order valence-corrected chi connectivity index (χ0v) is 34.9. The average molecular weight is 814 g/mol. The minimum Gasteiger partial charge on any atom is -0.247 e. The third-order valence-corrected chi connectivity index (χ3v) is 12.5. The zero-order chi connectivity index (χ0) is 42.4. The standard InChI is InChI=1S/C61H39N3/c1-3-13-40(14-4-1)43-23-30-46(31-24-43)57-39-58(47-32-25-44(26-33-47)41-15-5-2-6-16-41)64-61(63-57)48-34-28-45(29-35-48)54-38-55-59(52-20-10-9-19-51(52)54)53-21-11-12-22-56(53)62-60(55)50-36-27-42-17-7-8-18-49(42)37-50/h1-39H. The fourth-order valence-corrected chi connectivity index (χ4v) is 9.21. The highest BCUT2D eigenvalue weighted by atomic mass is 14.9. The van der Waals surface area contributed by atoms with Crippen molar-refractivity contribution in [1.82, 2.24) is 15.0 Å². The van der Waals surface area contributed by atoms with Crippen LogP contribution in [0.4, 0.5) is 0 Å². The van der Waals surface area contributed by atoms with E-state index in [0.29, 0.717) is 5.82 Å². The van der Waals surface area contributed by atoms with Crippen molar-refractivity contribution in [3.63, 3.8) is 0 Å². The van der Waals surface area contributed by atoms with Crippen LogP contribution in [0.2, 0.25) is 0 Å². The first-order valence-corrected chi connectivity index (χ1v) is 21.8. The highest BCUT2D eigenvalue weighted by Gasteiger charge is 2.18. The van der Waals surface area contributed by atoms with E-state index in [0.717, 1.165) is 66.8 Å². The van der Waals surface area contributed by atoms with Gasteiger partial charge in [-0.2, -0.15) is 0 Å². The van der Waals surface area contributed by atoms with Crippen molar-refractivity contribution < 1.29 is 0 Å². The normalized spacial score (nSPS) is 11.4. The molecule has 12 rings (SSSR count). The monoisotopic (exact) mass is 813 g/mol. The van der Waals surface area contributed by atoms with Crippen LogP contribution in [0, 0.1) is 0 Å². The smallest absolute Gasteiger partial charge is 0.160 e. The quantitative estimate of drug-likeness (QED) is 0.150. The lowest BCUT2D eigenvalue weighted by Crippen LogP contribution is -1.96. The molecule has 10 aromatic carbocycles. The molecule has 64 heavy (non-hydrogen) atoms. The van der Waals surface area contributed by atoms with Crippen molar-refractivity contribution in [2.75, 3.05) is 0 Å².